The summed E-state index contributed by atoms with van der Waals surface area (Å²) in [6.07, 6.45) is 0.701. The second-order valence-electron chi connectivity index (χ2n) is 2.99. The number of carbonyl (C=O) groups excluding carboxylic acids is 1. The molecule has 0 atom stereocenters. The summed E-state index contributed by atoms with van der Waals surface area (Å²) in [4.78, 5) is 10.7. The largest absolute Gasteiger partial charge is 0.298 e. The van der Waals surface area contributed by atoms with Crippen LogP contribution in [0.15, 0.2) is 29.0 Å². The molecule has 15 heavy (non-hydrogen) atoms. The molecule has 0 aliphatic carbocycles. The summed E-state index contributed by atoms with van der Waals surface area (Å²) >= 11 is 1.35. The molecule has 0 unspecified atom stereocenters. The van der Waals surface area contributed by atoms with Gasteiger partial charge in [-0.05, 0) is 23.1 Å². The van der Waals surface area contributed by atoms with Crippen LogP contribution >= 0.6 is 11.3 Å². The molecule has 1 heterocycles. The van der Waals surface area contributed by atoms with Crippen LogP contribution in [-0.2, 0) is 0 Å². The summed E-state index contributed by atoms with van der Waals surface area (Å²) in [7, 11) is 0. The van der Waals surface area contributed by atoms with E-state index in [1.807, 2.05) is 0 Å². The van der Waals surface area contributed by atoms with Crippen LogP contribution < -0.4 is 0 Å². The lowest BCUT2D eigenvalue weighted by molar-refractivity contribution is 0.112. The SMILES string of the molecule is O=Cc1cscc1-c1ccc(F)c(F)c1. The van der Waals surface area contributed by atoms with Gasteiger partial charge < -0.3 is 0 Å². The molecule has 0 bridgehead atoms. The molecule has 0 spiro atoms. The predicted octanol–water partition coefficient (Wildman–Crippen LogP) is 3.51. The van der Waals surface area contributed by atoms with Gasteiger partial charge in [0.1, 0.15) is 0 Å². The maximum Gasteiger partial charge on any atom is 0.159 e. The van der Waals surface area contributed by atoms with Crippen molar-refractivity contribution in [1.82, 2.24) is 0 Å². The van der Waals surface area contributed by atoms with Gasteiger partial charge in [-0.15, -0.1) is 0 Å². The fraction of sp³-hybridized carbons (Fsp3) is 0. The monoisotopic (exact) mass is 224 g/mol. The maximum absolute atomic E-state index is 12.9. The average molecular weight is 224 g/mol. The first-order valence-corrected chi connectivity index (χ1v) is 5.13. The zero-order valence-electron chi connectivity index (χ0n) is 7.54. The van der Waals surface area contributed by atoms with E-state index in [1.54, 1.807) is 10.8 Å². The Balaban J connectivity index is 2.54. The molecule has 0 saturated carbocycles. The molecule has 1 nitrogen and oxygen atoms in total. The first-order valence-electron chi connectivity index (χ1n) is 4.19. The van der Waals surface area contributed by atoms with Crippen molar-refractivity contribution in [1.29, 1.82) is 0 Å². The van der Waals surface area contributed by atoms with Gasteiger partial charge in [-0.3, -0.25) is 4.79 Å². The summed E-state index contributed by atoms with van der Waals surface area (Å²) in [5.41, 5.74) is 1.64. The van der Waals surface area contributed by atoms with Crippen molar-refractivity contribution in [2.75, 3.05) is 0 Å². The predicted molar refractivity (Wildman–Crippen MR) is 55.1 cm³/mol. The van der Waals surface area contributed by atoms with Crippen LogP contribution in [0.2, 0.25) is 0 Å². The van der Waals surface area contributed by atoms with Gasteiger partial charge >= 0.3 is 0 Å². The Morgan fingerprint density at radius 3 is 2.60 bits per heavy atom. The van der Waals surface area contributed by atoms with Gasteiger partial charge in [0.2, 0.25) is 0 Å². The maximum atomic E-state index is 12.9. The lowest BCUT2D eigenvalue weighted by Gasteiger charge is -2.00. The van der Waals surface area contributed by atoms with E-state index in [-0.39, 0.29) is 0 Å². The molecule has 1 aromatic heterocycles. The van der Waals surface area contributed by atoms with Crippen LogP contribution in [0.5, 0.6) is 0 Å². The lowest BCUT2D eigenvalue weighted by Crippen LogP contribution is -1.86. The average Bonchev–Trinajstić information content (AvgIpc) is 2.70. The molecule has 0 amide bonds. The summed E-state index contributed by atoms with van der Waals surface area (Å²) in [5.74, 6) is -1.79. The van der Waals surface area contributed by atoms with Crippen LogP contribution in [0.4, 0.5) is 8.78 Å². The van der Waals surface area contributed by atoms with Crippen molar-refractivity contribution in [3.05, 3.63) is 46.2 Å². The first kappa shape index (κ1) is 9.98. The van der Waals surface area contributed by atoms with Crippen molar-refractivity contribution >= 4 is 17.6 Å². The summed E-state index contributed by atoms with van der Waals surface area (Å²) in [6, 6.07) is 3.59. The number of benzene rings is 1. The summed E-state index contributed by atoms with van der Waals surface area (Å²) in [6.45, 7) is 0. The molecule has 0 fully saturated rings. The molecule has 2 rings (SSSR count). The molecule has 4 heteroatoms. The van der Waals surface area contributed by atoms with Gasteiger partial charge in [0, 0.05) is 16.5 Å². The third kappa shape index (κ3) is 1.80. The van der Waals surface area contributed by atoms with Crippen molar-refractivity contribution in [3.8, 4) is 11.1 Å². The highest BCUT2D eigenvalue weighted by Crippen LogP contribution is 2.27. The summed E-state index contributed by atoms with van der Waals surface area (Å²) in [5, 5.41) is 3.40. The highest BCUT2D eigenvalue weighted by Gasteiger charge is 2.08. The quantitative estimate of drug-likeness (QED) is 0.713. The topological polar surface area (TPSA) is 17.1 Å². The Morgan fingerprint density at radius 1 is 1.13 bits per heavy atom. The highest BCUT2D eigenvalue weighted by atomic mass is 32.1. The third-order valence-corrected chi connectivity index (χ3v) is 2.81. The van der Waals surface area contributed by atoms with Crippen LogP contribution in [-0.4, -0.2) is 6.29 Å². The standard InChI is InChI=1S/C11H6F2OS/c12-10-2-1-7(3-11(10)13)9-6-15-5-8(9)4-14/h1-6H. The van der Waals surface area contributed by atoms with Crippen molar-refractivity contribution in [2.24, 2.45) is 0 Å². The van der Waals surface area contributed by atoms with Gasteiger partial charge in [0.25, 0.3) is 0 Å². The molecule has 76 valence electrons. The van der Waals surface area contributed by atoms with Gasteiger partial charge in [0.15, 0.2) is 17.9 Å². The molecule has 1 aromatic carbocycles. The second-order valence-corrected chi connectivity index (χ2v) is 3.73. The van der Waals surface area contributed by atoms with E-state index in [0.717, 1.165) is 12.1 Å². The molecule has 0 aliphatic rings. The zero-order chi connectivity index (χ0) is 10.8. The number of aldehydes is 1. The van der Waals surface area contributed by atoms with E-state index < -0.39 is 11.6 Å². The Hall–Kier alpha value is -1.55. The molecule has 0 aliphatic heterocycles. The van der Waals surface area contributed by atoms with Crippen molar-refractivity contribution in [2.45, 2.75) is 0 Å². The van der Waals surface area contributed by atoms with Gasteiger partial charge in [-0.2, -0.15) is 11.3 Å². The molecule has 0 radical (unpaired) electrons. The Kier molecular flexibility index (Phi) is 2.60. The highest BCUT2D eigenvalue weighted by molar-refractivity contribution is 7.08. The van der Waals surface area contributed by atoms with E-state index >= 15 is 0 Å². The fourth-order valence-electron chi connectivity index (χ4n) is 1.30. The van der Waals surface area contributed by atoms with E-state index in [0.29, 0.717) is 23.0 Å². The minimum Gasteiger partial charge on any atom is -0.298 e. The lowest BCUT2D eigenvalue weighted by atomic mass is 10.1. The van der Waals surface area contributed by atoms with E-state index in [4.69, 9.17) is 0 Å². The van der Waals surface area contributed by atoms with E-state index in [2.05, 4.69) is 0 Å². The minimum atomic E-state index is -0.907. The molecule has 2 aromatic rings. The van der Waals surface area contributed by atoms with Gasteiger partial charge in [-0.25, -0.2) is 8.78 Å². The number of hydrogen-bond acceptors (Lipinski definition) is 2. The van der Waals surface area contributed by atoms with Crippen LogP contribution in [0.25, 0.3) is 11.1 Å². The summed E-state index contributed by atoms with van der Waals surface area (Å²) < 4.78 is 25.6. The Morgan fingerprint density at radius 2 is 1.93 bits per heavy atom. The minimum absolute atomic E-state index is 0.492. The fourth-order valence-corrected chi connectivity index (χ4v) is 2.10. The van der Waals surface area contributed by atoms with E-state index in [1.165, 1.54) is 17.4 Å². The molecular formula is C11H6F2OS. The Bertz CT molecular complexity index is 505. The second kappa shape index (κ2) is 3.90. The smallest absolute Gasteiger partial charge is 0.159 e. The number of carbonyl (C=O) groups is 1. The number of rotatable bonds is 2. The third-order valence-electron chi connectivity index (χ3n) is 2.05. The normalized spacial score (nSPS) is 10.3. The first-order chi connectivity index (χ1) is 7.22. The Labute approximate surface area is 89.0 Å². The van der Waals surface area contributed by atoms with Gasteiger partial charge in [0.05, 0.1) is 0 Å². The molecular weight excluding hydrogens is 218 g/mol. The molecule has 0 saturated heterocycles. The van der Waals surface area contributed by atoms with Crippen molar-refractivity contribution < 1.29 is 13.6 Å². The van der Waals surface area contributed by atoms with Crippen molar-refractivity contribution in [3.63, 3.8) is 0 Å². The molecule has 0 N–H and O–H groups in total. The van der Waals surface area contributed by atoms with Crippen LogP contribution in [0, 0.1) is 11.6 Å². The van der Waals surface area contributed by atoms with Crippen LogP contribution in [0.1, 0.15) is 10.4 Å². The van der Waals surface area contributed by atoms with E-state index in [9.17, 15) is 13.6 Å². The number of halogens is 2. The number of hydrogen-bond donors (Lipinski definition) is 0. The zero-order valence-corrected chi connectivity index (χ0v) is 8.35. The van der Waals surface area contributed by atoms with Gasteiger partial charge in [-0.1, -0.05) is 6.07 Å². The van der Waals surface area contributed by atoms with Crippen LogP contribution in [0.3, 0.4) is 0 Å². The number of thiophene rings is 1.